The number of alkyl halides is 1. The summed E-state index contributed by atoms with van der Waals surface area (Å²) >= 11 is 0. The van der Waals surface area contributed by atoms with Crippen LogP contribution in [0.15, 0.2) is 23.8 Å². The lowest BCUT2D eigenvalue weighted by Gasteiger charge is -2.25. The van der Waals surface area contributed by atoms with Gasteiger partial charge in [0.05, 0.1) is 19.3 Å². The summed E-state index contributed by atoms with van der Waals surface area (Å²) in [5.74, 6) is -0.304. The van der Waals surface area contributed by atoms with Gasteiger partial charge in [-0.3, -0.25) is 37.0 Å². The van der Waals surface area contributed by atoms with Crippen LogP contribution in [0.1, 0.15) is 12.5 Å². The number of ether oxygens (including phenoxy) is 3. The van der Waals surface area contributed by atoms with Crippen molar-refractivity contribution in [3.8, 4) is 0 Å². The van der Waals surface area contributed by atoms with Gasteiger partial charge in [-0.15, -0.1) is 0 Å². The number of hydrogen-bond acceptors (Lipinski definition) is 17. The zero-order valence-electron chi connectivity index (χ0n) is 22.3. The fourth-order valence-corrected chi connectivity index (χ4v) is 7.16. The molecule has 45 heavy (non-hydrogen) atoms. The second kappa shape index (κ2) is 10.8. The van der Waals surface area contributed by atoms with E-state index >= 15 is 4.39 Å². The number of anilines is 2. The number of phosphoric ester groups is 1. The van der Waals surface area contributed by atoms with E-state index in [9.17, 15) is 28.8 Å². The number of aliphatic hydroxyl groups excluding tert-OH is 1. The molecular weight excluding hydrogens is 653 g/mol. The highest BCUT2D eigenvalue weighted by molar-refractivity contribution is 7.52. The minimum Gasteiger partial charge on any atom is -0.385 e. The van der Waals surface area contributed by atoms with E-state index < -0.39 is 83.3 Å². The Balaban J connectivity index is 1.21. The highest BCUT2D eigenvalue weighted by Gasteiger charge is 2.54. The van der Waals surface area contributed by atoms with E-state index in [1.54, 1.807) is 0 Å². The summed E-state index contributed by atoms with van der Waals surface area (Å²) < 4.78 is 76.6. The first kappa shape index (κ1) is 30.2. The van der Waals surface area contributed by atoms with Gasteiger partial charge in [0.2, 0.25) is 5.95 Å². The smallest absolute Gasteiger partial charge is 0.385 e. The summed E-state index contributed by atoms with van der Waals surface area (Å²) in [6.07, 6.45) is -12.0. The number of phosphoric acid groups is 1. The molecule has 25 heteroatoms. The van der Waals surface area contributed by atoms with Gasteiger partial charge in [0, 0.05) is 0 Å². The molecule has 7 rings (SSSR count). The van der Waals surface area contributed by atoms with Gasteiger partial charge in [0.1, 0.15) is 36.3 Å². The summed E-state index contributed by atoms with van der Waals surface area (Å²) in [5, 5.41) is 10.9. The van der Waals surface area contributed by atoms with Crippen LogP contribution in [0.2, 0.25) is 0 Å². The first-order valence-electron chi connectivity index (χ1n) is 12.9. The third-order valence-corrected chi connectivity index (χ3v) is 9.20. The molecule has 7 heterocycles. The maximum atomic E-state index is 15.9. The molecule has 0 saturated carbocycles. The van der Waals surface area contributed by atoms with Crippen LogP contribution in [0.4, 0.5) is 16.2 Å². The summed E-state index contributed by atoms with van der Waals surface area (Å²) in [5.41, 5.74) is 10.6. The number of fused-ring (bicyclic) bond motifs is 5. The van der Waals surface area contributed by atoms with Crippen molar-refractivity contribution < 1.29 is 56.2 Å². The quantitative estimate of drug-likeness (QED) is 0.133. The summed E-state index contributed by atoms with van der Waals surface area (Å²) in [6.45, 7) is -0.904. The molecule has 3 saturated heterocycles. The molecule has 22 nitrogen and oxygen atoms in total. The predicted molar refractivity (Wildman–Crippen MR) is 142 cm³/mol. The van der Waals surface area contributed by atoms with E-state index in [2.05, 4.69) is 29.9 Å². The van der Waals surface area contributed by atoms with Crippen molar-refractivity contribution in [3.63, 3.8) is 0 Å². The van der Waals surface area contributed by atoms with Gasteiger partial charge in [-0.05, 0) is 0 Å². The molecule has 3 fully saturated rings. The number of hydrogen-bond donors (Lipinski definition) is 6. The number of aromatic nitrogens is 8. The van der Waals surface area contributed by atoms with Crippen molar-refractivity contribution in [1.29, 1.82) is 0 Å². The number of rotatable bonds is 2. The third-order valence-electron chi connectivity index (χ3n) is 7.17. The zero-order chi connectivity index (χ0) is 31.8. The number of H-pyrrole nitrogens is 1. The van der Waals surface area contributed by atoms with Crippen molar-refractivity contribution in [3.05, 3.63) is 29.3 Å². The number of aliphatic hydroxyl groups is 1. The number of nitrogen functional groups attached to an aromatic ring is 2. The molecule has 2 bridgehead atoms. The Labute approximate surface area is 248 Å². The Kier molecular flexibility index (Phi) is 7.26. The molecule has 0 aromatic carbocycles. The van der Waals surface area contributed by atoms with E-state index in [0.717, 1.165) is 28.1 Å². The Bertz CT molecular complexity index is 1940. The standard InChI is InChI=1S/C20H23FN10O12P2/c21-7-11-6(40-17(7)30-3-26-8-13(22)24-2-25-14(8)30)1-39-45(36,37)43-12-10(32)19(38-5-44(34,35)42-11)41-18(12)31-4-27-9-15(31)28-20(23)29-16(9)33/h2-4,6-7,10-12,17-19,32H,1,5H2,(H,34,35)(H,36,37)(H2,22,24,25)(H3,23,28,29,33)/t6-,7+,10?,11?,12+,17-,18-,19+/m1/s1. The molecule has 8 N–H and O–H groups in total. The van der Waals surface area contributed by atoms with Gasteiger partial charge in [0.25, 0.3) is 5.56 Å². The molecule has 4 aromatic heterocycles. The number of imidazole rings is 2. The Hall–Kier alpha value is -3.47. The average molecular weight is 676 g/mol. The third kappa shape index (κ3) is 5.30. The largest absolute Gasteiger partial charge is 0.472 e. The van der Waals surface area contributed by atoms with Gasteiger partial charge in [0.15, 0.2) is 53.9 Å². The van der Waals surface area contributed by atoms with Crippen LogP contribution in [0.3, 0.4) is 0 Å². The van der Waals surface area contributed by atoms with Gasteiger partial charge in [-0.25, -0.2) is 28.9 Å². The topological polar surface area (TPSA) is 309 Å². The molecule has 10 atom stereocenters. The molecule has 0 spiro atoms. The monoisotopic (exact) mass is 676 g/mol. The van der Waals surface area contributed by atoms with Gasteiger partial charge in [-0.2, -0.15) is 4.98 Å². The lowest BCUT2D eigenvalue weighted by molar-refractivity contribution is -0.168. The predicted octanol–water partition coefficient (Wildman–Crippen LogP) is -1.36. The summed E-state index contributed by atoms with van der Waals surface area (Å²) in [4.78, 5) is 55.6. The van der Waals surface area contributed by atoms with E-state index in [0.29, 0.717) is 0 Å². The van der Waals surface area contributed by atoms with Crippen LogP contribution in [-0.4, -0.2) is 104 Å². The first-order chi connectivity index (χ1) is 21.3. The molecule has 242 valence electrons. The normalized spacial score (nSPS) is 37.7. The molecule has 3 aliphatic heterocycles. The fraction of sp³-hybridized carbons (Fsp3) is 0.500. The molecular formula is C20H23FN10O12P2. The maximum Gasteiger partial charge on any atom is 0.472 e. The maximum absolute atomic E-state index is 15.9. The lowest BCUT2D eigenvalue weighted by Crippen LogP contribution is -2.35. The van der Waals surface area contributed by atoms with Crippen molar-refractivity contribution in [2.75, 3.05) is 24.4 Å². The van der Waals surface area contributed by atoms with Crippen molar-refractivity contribution in [2.24, 2.45) is 0 Å². The summed E-state index contributed by atoms with van der Waals surface area (Å²) in [7, 11) is -10.0. The number of nitrogens with one attached hydrogen (secondary N) is 1. The fourth-order valence-electron chi connectivity index (χ4n) is 5.20. The SMILES string of the molecule is Nc1nc2c(ncn2[C@@H]2O[C@@H]3OCP(=O)(O)OC4[C@@H](COP(=O)(O)O[C@H]2C3O)O[C@@H](n2cnc3c(N)ncnc32)[C@H]4F)c(=O)[nH]1. The molecule has 0 aliphatic carbocycles. The van der Waals surface area contributed by atoms with Crippen LogP contribution in [0.5, 0.6) is 0 Å². The lowest BCUT2D eigenvalue weighted by atomic mass is 10.1. The van der Waals surface area contributed by atoms with Crippen LogP contribution in [0, 0.1) is 0 Å². The summed E-state index contributed by atoms with van der Waals surface area (Å²) in [6, 6.07) is 0. The molecule has 4 aromatic rings. The Morgan fingerprint density at radius 1 is 0.978 bits per heavy atom. The first-order valence-corrected chi connectivity index (χ1v) is 16.1. The van der Waals surface area contributed by atoms with Gasteiger partial charge in [-0.1, -0.05) is 0 Å². The van der Waals surface area contributed by atoms with Crippen LogP contribution in [0.25, 0.3) is 22.3 Å². The number of aromatic amines is 1. The van der Waals surface area contributed by atoms with Gasteiger partial charge >= 0.3 is 15.4 Å². The van der Waals surface area contributed by atoms with Crippen molar-refractivity contribution in [1.82, 2.24) is 39.0 Å². The van der Waals surface area contributed by atoms with E-state index in [1.807, 2.05) is 0 Å². The minimum absolute atomic E-state index is 0.00301. The number of nitrogens with two attached hydrogens (primary N) is 2. The van der Waals surface area contributed by atoms with Crippen LogP contribution < -0.4 is 17.0 Å². The number of halogens is 1. The second-order valence-corrected chi connectivity index (χ2v) is 13.2. The highest BCUT2D eigenvalue weighted by Crippen LogP contribution is 2.53. The van der Waals surface area contributed by atoms with Crippen molar-refractivity contribution in [2.45, 2.75) is 49.3 Å². The van der Waals surface area contributed by atoms with Gasteiger partial charge < -0.3 is 40.6 Å². The van der Waals surface area contributed by atoms with E-state index in [-0.39, 0.29) is 34.1 Å². The molecule has 0 amide bonds. The van der Waals surface area contributed by atoms with E-state index in [1.165, 1.54) is 0 Å². The molecule has 4 unspecified atom stereocenters. The Morgan fingerprint density at radius 3 is 2.49 bits per heavy atom. The van der Waals surface area contributed by atoms with E-state index in [4.69, 9.17) is 39.2 Å². The zero-order valence-corrected chi connectivity index (χ0v) is 24.1. The Morgan fingerprint density at radius 2 is 1.71 bits per heavy atom. The average Bonchev–Trinajstić information content (AvgIpc) is 3.72. The van der Waals surface area contributed by atoms with Crippen molar-refractivity contribution >= 4 is 49.5 Å². The highest BCUT2D eigenvalue weighted by atomic mass is 31.2. The van der Waals surface area contributed by atoms with Crippen LogP contribution >= 0.6 is 15.4 Å². The molecule has 0 radical (unpaired) electrons. The minimum atomic E-state index is -5.17. The number of nitrogens with zero attached hydrogens (tertiary/aromatic N) is 7. The molecule has 3 aliphatic rings. The van der Waals surface area contributed by atoms with Crippen LogP contribution in [-0.2, 0) is 36.9 Å². The second-order valence-electron chi connectivity index (χ2n) is 10.1.